The van der Waals surface area contributed by atoms with Gasteiger partial charge in [0.15, 0.2) is 8.32 Å². The number of pyridine rings is 1. The lowest BCUT2D eigenvalue weighted by molar-refractivity contribution is 0.1000. The molecule has 1 aromatic heterocycles. The summed E-state index contributed by atoms with van der Waals surface area (Å²) < 4.78 is 22.5. The number of carbonyl (C=O) groups is 1. The number of aryl methyl sites for hydroxylation is 1. The maximum Gasteiger partial charge on any atom is 0.252 e. The quantitative estimate of drug-likeness (QED) is 0.282. The summed E-state index contributed by atoms with van der Waals surface area (Å²) >= 11 is 2.00. The summed E-state index contributed by atoms with van der Waals surface area (Å²) in [5.74, 6) is -1.18. The van der Waals surface area contributed by atoms with Crippen molar-refractivity contribution < 1.29 is 13.6 Å². The molecule has 2 aromatic rings. The van der Waals surface area contributed by atoms with Gasteiger partial charge in [-0.1, -0.05) is 20.8 Å². The Labute approximate surface area is 191 Å². The van der Waals surface area contributed by atoms with Gasteiger partial charge in [0.05, 0.1) is 16.9 Å². The first-order valence-electron chi connectivity index (χ1n) is 9.72. The zero-order valence-corrected chi connectivity index (χ0v) is 21.2. The van der Waals surface area contributed by atoms with Crippen molar-refractivity contribution in [2.24, 2.45) is 5.73 Å². The van der Waals surface area contributed by atoms with Gasteiger partial charge in [0.1, 0.15) is 5.82 Å². The van der Waals surface area contributed by atoms with Gasteiger partial charge in [-0.25, -0.2) is 4.39 Å². The number of primary amides is 1. The normalized spacial score (nSPS) is 12.1. The van der Waals surface area contributed by atoms with E-state index < -0.39 is 20.0 Å². The van der Waals surface area contributed by atoms with Gasteiger partial charge in [-0.3, -0.25) is 9.59 Å². The maximum absolute atomic E-state index is 14.2. The van der Waals surface area contributed by atoms with Crippen LogP contribution in [-0.2, 0) is 11.0 Å². The van der Waals surface area contributed by atoms with Crippen molar-refractivity contribution in [2.75, 3.05) is 11.9 Å². The fourth-order valence-electron chi connectivity index (χ4n) is 2.56. The highest BCUT2D eigenvalue weighted by molar-refractivity contribution is 14.1. The van der Waals surface area contributed by atoms with Crippen molar-refractivity contribution in [3.8, 4) is 0 Å². The second-order valence-electron chi connectivity index (χ2n) is 8.71. The number of nitrogens with two attached hydrogens (primary N) is 1. The number of carbonyl (C=O) groups excluding carboxylic acids is 1. The Morgan fingerprint density at radius 3 is 2.50 bits per heavy atom. The first-order chi connectivity index (χ1) is 13.8. The molecule has 0 aliphatic heterocycles. The van der Waals surface area contributed by atoms with E-state index in [0.29, 0.717) is 19.6 Å². The molecule has 164 valence electrons. The maximum atomic E-state index is 14.2. The zero-order valence-electron chi connectivity index (χ0n) is 18.0. The van der Waals surface area contributed by atoms with Crippen molar-refractivity contribution in [1.29, 1.82) is 0 Å². The topological polar surface area (TPSA) is 86.3 Å². The van der Waals surface area contributed by atoms with Crippen LogP contribution in [0.25, 0.3) is 0 Å². The van der Waals surface area contributed by atoms with Crippen LogP contribution < -0.4 is 16.6 Å². The van der Waals surface area contributed by atoms with Crippen LogP contribution in [0.2, 0.25) is 18.1 Å². The molecule has 30 heavy (non-hydrogen) atoms. The SMILES string of the molecule is CC(C)(C)[Si](C)(C)OCCCn1cc(C(N)=O)c(Nc2ccc(I)cc2F)cc1=O. The third kappa shape index (κ3) is 6.14. The lowest BCUT2D eigenvalue weighted by Crippen LogP contribution is -2.41. The van der Waals surface area contributed by atoms with E-state index in [0.717, 1.165) is 3.57 Å². The van der Waals surface area contributed by atoms with Gasteiger partial charge in [0, 0.05) is 29.0 Å². The van der Waals surface area contributed by atoms with Crippen molar-refractivity contribution in [2.45, 2.75) is 51.9 Å². The Morgan fingerprint density at radius 1 is 1.27 bits per heavy atom. The molecule has 9 heteroatoms. The van der Waals surface area contributed by atoms with Crippen LogP contribution in [0.1, 0.15) is 37.6 Å². The number of aromatic nitrogens is 1. The van der Waals surface area contributed by atoms with Gasteiger partial charge >= 0.3 is 0 Å². The minimum atomic E-state index is -1.85. The van der Waals surface area contributed by atoms with E-state index in [1.807, 2.05) is 22.6 Å². The highest BCUT2D eigenvalue weighted by atomic mass is 127. The third-order valence-corrected chi connectivity index (χ3v) is 10.6. The third-order valence-electron chi connectivity index (χ3n) is 5.40. The van der Waals surface area contributed by atoms with E-state index in [1.165, 1.54) is 22.9 Å². The first kappa shape index (κ1) is 24.5. The van der Waals surface area contributed by atoms with Crippen LogP contribution >= 0.6 is 22.6 Å². The van der Waals surface area contributed by atoms with E-state index in [9.17, 15) is 14.0 Å². The van der Waals surface area contributed by atoms with E-state index in [-0.39, 0.29) is 27.5 Å². The Hall–Kier alpha value is -1.72. The fourth-order valence-corrected chi connectivity index (χ4v) is 4.10. The molecule has 0 aliphatic rings. The summed E-state index contributed by atoms with van der Waals surface area (Å²) in [5.41, 5.74) is 5.67. The minimum absolute atomic E-state index is 0.112. The molecule has 0 saturated heterocycles. The number of anilines is 2. The monoisotopic (exact) mass is 545 g/mol. The second-order valence-corrected chi connectivity index (χ2v) is 14.8. The van der Waals surface area contributed by atoms with Crippen molar-refractivity contribution in [3.63, 3.8) is 0 Å². The molecular weight excluding hydrogens is 516 g/mol. The average Bonchev–Trinajstić information content (AvgIpc) is 2.61. The Balaban J connectivity index is 2.17. The van der Waals surface area contributed by atoms with Crippen molar-refractivity contribution in [3.05, 3.63) is 55.8 Å². The molecule has 6 nitrogen and oxygen atoms in total. The van der Waals surface area contributed by atoms with Crippen LogP contribution in [0.15, 0.2) is 35.3 Å². The van der Waals surface area contributed by atoms with Gasteiger partial charge in [0.2, 0.25) is 0 Å². The Kier molecular flexibility index (Phi) is 7.86. The molecular formula is C21H29FIN3O3Si. The first-order valence-corrected chi connectivity index (χ1v) is 13.7. The van der Waals surface area contributed by atoms with Crippen LogP contribution in [0.4, 0.5) is 15.8 Å². The zero-order chi connectivity index (χ0) is 22.7. The lowest BCUT2D eigenvalue weighted by atomic mass is 10.2. The Morgan fingerprint density at radius 2 is 1.93 bits per heavy atom. The number of rotatable bonds is 8. The van der Waals surface area contributed by atoms with Gasteiger partial charge in [-0.15, -0.1) is 0 Å². The van der Waals surface area contributed by atoms with Gasteiger partial charge in [-0.05, 0) is 65.3 Å². The van der Waals surface area contributed by atoms with Gasteiger partial charge in [0.25, 0.3) is 11.5 Å². The standard InChI is InChI=1S/C21H29FIN3O3Si/c1-21(2,3)30(4,5)29-10-6-9-26-13-15(20(24)28)18(12-19(26)27)25-17-8-7-14(23)11-16(17)22/h7-8,11-13,25H,6,9-10H2,1-5H3,(H2,24,28). The molecule has 1 amide bonds. The molecule has 0 spiro atoms. The molecule has 0 saturated carbocycles. The highest BCUT2D eigenvalue weighted by Gasteiger charge is 2.36. The predicted octanol–water partition coefficient (Wildman–Crippen LogP) is 4.85. The molecule has 0 aliphatic carbocycles. The number of benzene rings is 1. The lowest BCUT2D eigenvalue weighted by Gasteiger charge is -2.36. The summed E-state index contributed by atoms with van der Waals surface area (Å²) in [6, 6.07) is 5.90. The average molecular weight is 545 g/mol. The molecule has 2 rings (SSSR count). The molecule has 3 N–H and O–H groups in total. The molecule has 1 heterocycles. The summed E-state index contributed by atoms with van der Waals surface area (Å²) in [4.78, 5) is 24.5. The number of amides is 1. The van der Waals surface area contributed by atoms with Crippen LogP contribution in [0.5, 0.6) is 0 Å². The smallest absolute Gasteiger partial charge is 0.252 e. The number of halogens is 2. The minimum Gasteiger partial charge on any atom is -0.417 e. The number of nitrogens with one attached hydrogen (secondary N) is 1. The molecule has 0 radical (unpaired) electrons. The van der Waals surface area contributed by atoms with E-state index >= 15 is 0 Å². The van der Waals surface area contributed by atoms with Crippen LogP contribution in [0, 0.1) is 9.39 Å². The highest BCUT2D eigenvalue weighted by Crippen LogP contribution is 2.36. The summed E-state index contributed by atoms with van der Waals surface area (Å²) in [6.45, 7) is 11.8. The van der Waals surface area contributed by atoms with Crippen LogP contribution in [-0.4, -0.2) is 25.4 Å². The Bertz CT molecular complexity index is 986. The number of hydrogen-bond donors (Lipinski definition) is 2. The second kappa shape index (κ2) is 9.61. The molecule has 1 aromatic carbocycles. The number of nitrogens with zero attached hydrogens (tertiary/aromatic N) is 1. The number of hydrogen-bond acceptors (Lipinski definition) is 4. The fraction of sp³-hybridized carbons (Fsp3) is 0.429. The summed E-state index contributed by atoms with van der Waals surface area (Å²) in [6.07, 6.45) is 2.05. The molecule has 0 atom stereocenters. The van der Waals surface area contributed by atoms with E-state index in [4.69, 9.17) is 10.2 Å². The van der Waals surface area contributed by atoms with Gasteiger partial charge in [-0.2, -0.15) is 0 Å². The van der Waals surface area contributed by atoms with E-state index in [1.54, 1.807) is 12.1 Å². The van der Waals surface area contributed by atoms with Crippen LogP contribution in [0.3, 0.4) is 0 Å². The van der Waals surface area contributed by atoms with Crippen molar-refractivity contribution in [1.82, 2.24) is 4.57 Å². The largest absolute Gasteiger partial charge is 0.417 e. The molecule has 0 unspecified atom stereocenters. The van der Waals surface area contributed by atoms with E-state index in [2.05, 4.69) is 39.2 Å². The van der Waals surface area contributed by atoms with Crippen molar-refractivity contribution >= 4 is 48.2 Å². The molecule has 0 bridgehead atoms. The van der Waals surface area contributed by atoms with Gasteiger partial charge < -0.3 is 20.0 Å². The summed E-state index contributed by atoms with van der Waals surface area (Å²) in [7, 11) is -1.85. The predicted molar refractivity (Wildman–Crippen MR) is 129 cm³/mol. The molecule has 0 fully saturated rings. The summed E-state index contributed by atoms with van der Waals surface area (Å²) in [5, 5.41) is 2.92.